The number of ether oxygens (including phenoxy) is 2. The van der Waals surface area contributed by atoms with E-state index in [-0.39, 0.29) is 12.7 Å². The standard InChI is InChI=1S/C15H12BrNO3/c1-17(15(18)10-3-2-4-11(16)7-10)12-5-6-13-14(8-12)20-9-19-13/h2-8H,9H2,1H3. The van der Waals surface area contributed by atoms with Gasteiger partial charge in [-0.2, -0.15) is 0 Å². The van der Waals surface area contributed by atoms with E-state index in [0.717, 1.165) is 10.2 Å². The zero-order chi connectivity index (χ0) is 14.1. The Labute approximate surface area is 125 Å². The molecule has 0 N–H and O–H groups in total. The number of rotatable bonds is 2. The van der Waals surface area contributed by atoms with Crippen molar-refractivity contribution in [2.75, 3.05) is 18.7 Å². The molecule has 0 spiro atoms. The smallest absolute Gasteiger partial charge is 0.258 e. The summed E-state index contributed by atoms with van der Waals surface area (Å²) in [5, 5.41) is 0. The molecule has 0 atom stereocenters. The molecule has 2 aromatic carbocycles. The van der Waals surface area contributed by atoms with Crippen molar-refractivity contribution in [2.45, 2.75) is 0 Å². The third-order valence-corrected chi connectivity index (χ3v) is 3.61. The summed E-state index contributed by atoms with van der Waals surface area (Å²) in [5.41, 5.74) is 1.39. The summed E-state index contributed by atoms with van der Waals surface area (Å²) >= 11 is 3.37. The summed E-state index contributed by atoms with van der Waals surface area (Å²) in [7, 11) is 1.74. The van der Waals surface area contributed by atoms with Crippen molar-refractivity contribution < 1.29 is 14.3 Å². The fraction of sp³-hybridized carbons (Fsp3) is 0.133. The van der Waals surface area contributed by atoms with Gasteiger partial charge in [0.25, 0.3) is 5.91 Å². The van der Waals surface area contributed by atoms with Gasteiger partial charge in [0.15, 0.2) is 11.5 Å². The predicted molar refractivity (Wildman–Crippen MR) is 79.4 cm³/mol. The van der Waals surface area contributed by atoms with Crippen LogP contribution in [0.3, 0.4) is 0 Å². The Hall–Kier alpha value is -2.01. The molecular weight excluding hydrogens is 322 g/mol. The fourth-order valence-corrected chi connectivity index (χ4v) is 2.43. The normalized spacial score (nSPS) is 12.3. The average Bonchev–Trinajstić information content (AvgIpc) is 2.93. The summed E-state index contributed by atoms with van der Waals surface area (Å²) in [6.07, 6.45) is 0. The molecule has 4 nitrogen and oxygen atoms in total. The second-order valence-corrected chi connectivity index (χ2v) is 5.33. The maximum Gasteiger partial charge on any atom is 0.258 e. The molecule has 20 heavy (non-hydrogen) atoms. The van der Waals surface area contributed by atoms with Crippen LogP contribution in [0.4, 0.5) is 5.69 Å². The third-order valence-electron chi connectivity index (χ3n) is 3.12. The van der Waals surface area contributed by atoms with Crippen molar-refractivity contribution in [2.24, 2.45) is 0 Å². The maximum absolute atomic E-state index is 12.4. The van der Waals surface area contributed by atoms with Crippen molar-refractivity contribution in [1.82, 2.24) is 0 Å². The Morgan fingerprint density at radius 1 is 1.15 bits per heavy atom. The first-order valence-electron chi connectivity index (χ1n) is 6.08. The van der Waals surface area contributed by atoms with Gasteiger partial charge in [-0.25, -0.2) is 0 Å². The summed E-state index contributed by atoms with van der Waals surface area (Å²) in [5.74, 6) is 1.29. The lowest BCUT2D eigenvalue weighted by atomic mass is 10.2. The Morgan fingerprint density at radius 2 is 1.95 bits per heavy atom. The van der Waals surface area contributed by atoms with Gasteiger partial charge in [0, 0.05) is 28.8 Å². The van der Waals surface area contributed by atoms with Crippen LogP contribution in [0.5, 0.6) is 11.5 Å². The largest absolute Gasteiger partial charge is 0.454 e. The Bertz CT molecular complexity index is 672. The van der Waals surface area contributed by atoms with Crippen molar-refractivity contribution in [3.63, 3.8) is 0 Å². The molecule has 1 aliphatic rings. The van der Waals surface area contributed by atoms with E-state index in [4.69, 9.17) is 9.47 Å². The molecule has 0 radical (unpaired) electrons. The van der Waals surface area contributed by atoms with Crippen LogP contribution in [0.15, 0.2) is 46.9 Å². The number of amides is 1. The molecule has 1 amide bonds. The zero-order valence-electron chi connectivity index (χ0n) is 10.8. The van der Waals surface area contributed by atoms with Crippen LogP contribution < -0.4 is 14.4 Å². The van der Waals surface area contributed by atoms with E-state index in [9.17, 15) is 4.79 Å². The van der Waals surface area contributed by atoms with Gasteiger partial charge in [0.05, 0.1) is 0 Å². The fourth-order valence-electron chi connectivity index (χ4n) is 2.03. The van der Waals surface area contributed by atoms with Gasteiger partial charge in [-0.05, 0) is 30.3 Å². The molecule has 1 aliphatic heterocycles. The number of carbonyl (C=O) groups is 1. The highest BCUT2D eigenvalue weighted by atomic mass is 79.9. The van der Waals surface area contributed by atoms with Crippen LogP contribution in [0.2, 0.25) is 0 Å². The highest BCUT2D eigenvalue weighted by Crippen LogP contribution is 2.35. The van der Waals surface area contributed by atoms with E-state index in [1.165, 1.54) is 0 Å². The van der Waals surface area contributed by atoms with E-state index < -0.39 is 0 Å². The topological polar surface area (TPSA) is 38.8 Å². The zero-order valence-corrected chi connectivity index (χ0v) is 12.4. The highest BCUT2D eigenvalue weighted by molar-refractivity contribution is 9.10. The minimum atomic E-state index is -0.0786. The Balaban J connectivity index is 1.88. The van der Waals surface area contributed by atoms with E-state index in [1.807, 2.05) is 24.3 Å². The van der Waals surface area contributed by atoms with Crippen LogP contribution >= 0.6 is 15.9 Å². The molecule has 0 aliphatic carbocycles. The van der Waals surface area contributed by atoms with Crippen molar-refractivity contribution >= 4 is 27.5 Å². The van der Waals surface area contributed by atoms with Crippen LogP contribution in [-0.2, 0) is 0 Å². The number of nitrogens with zero attached hydrogens (tertiary/aromatic N) is 1. The summed E-state index contributed by atoms with van der Waals surface area (Å²) < 4.78 is 11.5. The summed E-state index contributed by atoms with van der Waals surface area (Å²) in [4.78, 5) is 14.0. The molecule has 0 saturated heterocycles. The molecule has 0 aromatic heterocycles. The van der Waals surface area contributed by atoms with Crippen LogP contribution in [0.25, 0.3) is 0 Å². The van der Waals surface area contributed by atoms with Crippen molar-refractivity contribution in [1.29, 1.82) is 0 Å². The average molecular weight is 334 g/mol. The lowest BCUT2D eigenvalue weighted by molar-refractivity contribution is 0.0993. The number of anilines is 1. The molecule has 0 saturated carbocycles. The van der Waals surface area contributed by atoms with Crippen molar-refractivity contribution in [3.8, 4) is 11.5 Å². The van der Waals surface area contributed by atoms with Gasteiger partial charge in [0.1, 0.15) is 0 Å². The van der Waals surface area contributed by atoms with Gasteiger partial charge in [-0.1, -0.05) is 22.0 Å². The van der Waals surface area contributed by atoms with Gasteiger partial charge in [0.2, 0.25) is 6.79 Å². The first-order chi connectivity index (χ1) is 9.65. The molecule has 3 rings (SSSR count). The van der Waals surface area contributed by atoms with E-state index in [1.54, 1.807) is 30.1 Å². The molecule has 0 bridgehead atoms. The van der Waals surface area contributed by atoms with Gasteiger partial charge >= 0.3 is 0 Å². The van der Waals surface area contributed by atoms with Gasteiger partial charge in [-0.15, -0.1) is 0 Å². The third kappa shape index (κ3) is 2.36. The van der Waals surface area contributed by atoms with Crippen LogP contribution in [0.1, 0.15) is 10.4 Å². The van der Waals surface area contributed by atoms with Crippen LogP contribution in [-0.4, -0.2) is 19.7 Å². The van der Waals surface area contributed by atoms with Crippen LogP contribution in [0, 0.1) is 0 Å². The molecule has 0 unspecified atom stereocenters. The first-order valence-corrected chi connectivity index (χ1v) is 6.88. The lowest BCUT2D eigenvalue weighted by Crippen LogP contribution is -2.26. The number of carbonyl (C=O) groups excluding carboxylic acids is 1. The van der Waals surface area contributed by atoms with E-state index in [0.29, 0.717) is 17.1 Å². The minimum absolute atomic E-state index is 0.0786. The lowest BCUT2D eigenvalue weighted by Gasteiger charge is -2.18. The quantitative estimate of drug-likeness (QED) is 0.844. The predicted octanol–water partition coefficient (Wildman–Crippen LogP) is 3.45. The Kier molecular flexibility index (Phi) is 3.36. The van der Waals surface area contributed by atoms with Gasteiger partial charge < -0.3 is 14.4 Å². The SMILES string of the molecule is CN(C(=O)c1cccc(Br)c1)c1ccc2c(c1)OCO2. The number of benzene rings is 2. The number of hydrogen-bond acceptors (Lipinski definition) is 3. The number of fused-ring (bicyclic) bond motifs is 1. The molecular formula is C15H12BrNO3. The second-order valence-electron chi connectivity index (χ2n) is 4.41. The van der Waals surface area contributed by atoms with Crippen molar-refractivity contribution in [3.05, 3.63) is 52.5 Å². The first kappa shape index (κ1) is 13.0. The summed E-state index contributed by atoms with van der Waals surface area (Å²) in [6.45, 7) is 0.224. The molecule has 5 heteroatoms. The maximum atomic E-state index is 12.4. The second kappa shape index (κ2) is 5.17. The Morgan fingerprint density at radius 3 is 2.75 bits per heavy atom. The highest BCUT2D eigenvalue weighted by Gasteiger charge is 2.18. The molecule has 1 heterocycles. The number of halogens is 1. The molecule has 2 aromatic rings. The number of hydrogen-bond donors (Lipinski definition) is 0. The monoisotopic (exact) mass is 333 g/mol. The van der Waals surface area contributed by atoms with E-state index in [2.05, 4.69) is 15.9 Å². The summed E-state index contributed by atoms with van der Waals surface area (Å²) in [6, 6.07) is 12.8. The minimum Gasteiger partial charge on any atom is -0.454 e. The van der Waals surface area contributed by atoms with Gasteiger partial charge in [-0.3, -0.25) is 4.79 Å². The molecule has 0 fully saturated rings. The molecule has 102 valence electrons. The van der Waals surface area contributed by atoms with E-state index >= 15 is 0 Å².